The fourth-order valence-electron chi connectivity index (χ4n) is 2.75. The Kier molecular flexibility index (Phi) is 4.98. The first-order valence-corrected chi connectivity index (χ1v) is 7.89. The van der Waals surface area contributed by atoms with Crippen LogP contribution in [0.2, 0.25) is 0 Å². The molecular weight excluding hydrogens is 256 g/mol. The van der Waals surface area contributed by atoms with E-state index in [1.54, 1.807) is 0 Å². The van der Waals surface area contributed by atoms with Crippen LogP contribution in [0.25, 0.3) is 0 Å². The summed E-state index contributed by atoms with van der Waals surface area (Å²) >= 11 is 1.52. The third-order valence-electron chi connectivity index (χ3n) is 4.14. The maximum atomic E-state index is 10.5. The highest BCUT2D eigenvalue weighted by Crippen LogP contribution is 2.33. The summed E-state index contributed by atoms with van der Waals surface area (Å²) in [6, 6.07) is 5.98. The van der Waals surface area contributed by atoms with Gasteiger partial charge in [0.1, 0.15) is 10.9 Å². The maximum absolute atomic E-state index is 10.5. The van der Waals surface area contributed by atoms with Crippen molar-refractivity contribution >= 4 is 11.3 Å². The van der Waals surface area contributed by atoms with Crippen LogP contribution in [0, 0.1) is 17.2 Å². The predicted molar refractivity (Wildman–Crippen MR) is 77.9 cm³/mol. The molecule has 4 heteroatoms. The van der Waals surface area contributed by atoms with Gasteiger partial charge in [0.25, 0.3) is 0 Å². The summed E-state index contributed by atoms with van der Waals surface area (Å²) in [5.41, 5.74) is -0.527. The maximum Gasteiger partial charge on any atom is 0.110 e. The van der Waals surface area contributed by atoms with Crippen molar-refractivity contribution in [2.45, 2.75) is 51.2 Å². The number of aliphatic hydroxyl groups is 1. The van der Waals surface area contributed by atoms with Crippen LogP contribution in [-0.4, -0.2) is 17.3 Å². The fourth-order valence-corrected chi connectivity index (χ4v) is 3.53. The molecule has 0 bridgehead atoms. The highest BCUT2D eigenvalue weighted by Gasteiger charge is 2.32. The number of hydrogen-bond acceptors (Lipinski definition) is 4. The van der Waals surface area contributed by atoms with E-state index in [1.807, 2.05) is 12.1 Å². The molecular formula is C15H22N2OS. The SMILES string of the molecule is CCC1CCC(O)(CNCc2ccc(C#N)s2)CC1. The summed E-state index contributed by atoms with van der Waals surface area (Å²) in [6.07, 6.45) is 5.34. The van der Waals surface area contributed by atoms with E-state index in [9.17, 15) is 5.11 Å². The van der Waals surface area contributed by atoms with Gasteiger partial charge in [-0.2, -0.15) is 5.26 Å². The Bertz CT molecular complexity index is 441. The lowest BCUT2D eigenvalue weighted by atomic mass is 9.78. The second-order valence-corrected chi connectivity index (χ2v) is 6.73. The van der Waals surface area contributed by atoms with E-state index in [0.717, 1.165) is 47.9 Å². The second kappa shape index (κ2) is 6.51. The van der Waals surface area contributed by atoms with Gasteiger partial charge < -0.3 is 10.4 Å². The van der Waals surface area contributed by atoms with E-state index in [1.165, 1.54) is 17.8 Å². The van der Waals surface area contributed by atoms with Gasteiger partial charge in [0.2, 0.25) is 0 Å². The van der Waals surface area contributed by atoms with Gasteiger partial charge in [-0.15, -0.1) is 11.3 Å². The normalized spacial score (nSPS) is 27.1. The first-order chi connectivity index (χ1) is 9.15. The number of nitriles is 1. The zero-order chi connectivity index (χ0) is 13.7. The van der Waals surface area contributed by atoms with E-state index in [2.05, 4.69) is 18.3 Å². The molecule has 104 valence electrons. The molecule has 0 saturated heterocycles. The quantitative estimate of drug-likeness (QED) is 0.870. The molecule has 0 aliphatic heterocycles. The highest BCUT2D eigenvalue weighted by atomic mass is 32.1. The smallest absolute Gasteiger partial charge is 0.110 e. The number of thiophene rings is 1. The third-order valence-corrected chi connectivity index (χ3v) is 5.13. The molecule has 3 nitrogen and oxygen atoms in total. The molecule has 1 aromatic heterocycles. The minimum absolute atomic E-state index is 0.527. The monoisotopic (exact) mass is 278 g/mol. The standard InChI is InChI=1S/C15H22N2OS/c1-2-12-5-7-15(18,8-6-12)11-17-10-14-4-3-13(9-16)19-14/h3-4,12,17-18H,2,5-8,10-11H2,1H3. The van der Waals surface area contributed by atoms with Crippen molar-refractivity contribution in [1.82, 2.24) is 5.32 Å². The van der Waals surface area contributed by atoms with Gasteiger partial charge in [0.05, 0.1) is 5.60 Å². The number of nitrogens with one attached hydrogen (secondary N) is 1. The molecule has 0 unspecified atom stereocenters. The van der Waals surface area contributed by atoms with Crippen molar-refractivity contribution in [2.24, 2.45) is 5.92 Å². The molecule has 0 atom stereocenters. The highest BCUT2D eigenvalue weighted by molar-refractivity contribution is 7.12. The van der Waals surface area contributed by atoms with Crippen LogP contribution in [0.15, 0.2) is 12.1 Å². The summed E-state index contributed by atoms with van der Waals surface area (Å²) in [5.74, 6) is 0.802. The minimum Gasteiger partial charge on any atom is -0.389 e. The number of nitrogens with zero attached hydrogens (tertiary/aromatic N) is 1. The zero-order valence-corrected chi connectivity index (χ0v) is 12.3. The van der Waals surface area contributed by atoms with E-state index in [-0.39, 0.29) is 0 Å². The Morgan fingerprint density at radius 2 is 2.21 bits per heavy atom. The van der Waals surface area contributed by atoms with Crippen molar-refractivity contribution in [2.75, 3.05) is 6.54 Å². The Balaban J connectivity index is 1.75. The molecule has 1 fully saturated rings. The molecule has 1 heterocycles. The Labute approximate surface area is 119 Å². The van der Waals surface area contributed by atoms with Crippen molar-refractivity contribution in [3.8, 4) is 6.07 Å². The van der Waals surface area contributed by atoms with Gasteiger partial charge in [-0.1, -0.05) is 13.3 Å². The summed E-state index contributed by atoms with van der Waals surface area (Å²) in [6.45, 7) is 3.63. The first kappa shape index (κ1) is 14.5. The van der Waals surface area contributed by atoms with Gasteiger partial charge in [-0.05, 0) is 43.7 Å². The lowest BCUT2D eigenvalue weighted by Gasteiger charge is -2.36. The molecule has 1 saturated carbocycles. The summed E-state index contributed by atoms with van der Waals surface area (Å²) < 4.78 is 0. The van der Waals surface area contributed by atoms with E-state index in [0.29, 0.717) is 6.54 Å². The molecule has 0 amide bonds. The third kappa shape index (κ3) is 4.04. The summed E-state index contributed by atoms with van der Waals surface area (Å²) in [4.78, 5) is 1.90. The van der Waals surface area contributed by atoms with Crippen LogP contribution in [0.1, 0.15) is 48.8 Å². The lowest BCUT2D eigenvalue weighted by molar-refractivity contribution is -0.00876. The average Bonchev–Trinajstić information content (AvgIpc) is 2.87. The predicted octanol–water partition coefficient (Wildman–Crippen LogP) is 3.04. The first-order valence-electron chi connectivity index (χ1n) is 7.07. The topological polar surface area (TPSA) is 56.0 Å². The lowest BCUT2D eigenvalue weighted by Crippen LogP contribution is -2.43. The average molecular weight is 278 g/mol. The van der Waals surface area contributed by atoms with Gasteiger partial charge in [0, 0.05) is 18.0 Å². The minimum atomic E-state index is -0.527. The molecule has 2 N–H and O–H groups in total. The van der Waals surface area contributed by atoms with Crippen LogP contribution in [0.4, 0.5) is 0 Å². The van der Waals surface area contributed by atoms with Crippen molar-refractivity contribution in [3.05, 3.63) is 21.9 Å². The van der Waals surface area contributed by atoms with Crippen LogP contribution in [-0.2, 0) is 6.54 Å². The van der Waals surface area contributed by atoms with Gasteiger partial charge in [0.15, 0.2) is 0 Å². The Hall–Kier alpha value is -0.890. The second-order valence-electron chi connectivity index (χ2n) is 5.56. The molecule has 1 aromatic rings. The molecule has 2 rings (SSSR count). The number of rotatable bonds is 5. The van der Waals surface area contributed by atoms with E-state index >= 15 is 0 Å². The molecule has 19 heavy (non-hydrogen) atoms. The number of hydrogen-bond donors (Lipinski definition) is 2. The zero-order valence-electron chi connectivity index (χ0n) is 11.5. The molecule has 0 radical (unpaired) electrons. The van der Waals surface area contributed by atoms with Gasteiger partial charge >= 0.3 is 0 Å². The van der Waals surface area contributed by atoms with Crippen molar-refractivity contribution in [3.63, 3.8) is 0 Å². The summed E-state index contributed by atoms with van der Waals surface area (Å²) in [5, 5.41) is 22.6. The van der Waals surface area contributed by atoms with Gasteiger partial charge in [-0.3, -0.25) is 0 Å². The van der Waals surface area contributed by atoms with Crippen LogP contribution in [0.3, 0.4) is 0 Å². The fraction of sp³-hybridized carbons (Fsp3) is 0.667. The Morgan fingerprint density at radius 1 is 1.47 bits per heavy atom. The molecule has 0 spiro atoms. The van der Waals surface area contributed by atoms with E-state index < -0.39 is 5.60 Å². The van der Waals surface area contributed by atoms with E-state index in [4.69, 9.17) is 5.26 Å². The van der Waals surface area contributed by atoms with Crippen LogP contribution >= 0.6 is 11.3 Å². The molecule has 0 aromatic carbocycles. The van der Waals surface area contributed by atoms with Crippen molar-refractivity contribution < 1.29 is 5.11 Å². The molecule has 1 aliphatic rings. The van der Waals surface area contributed by atoms with Gasteiger partial charge in [-0.25, -0.2) is 0 Å². The summed E-state index contributed by atoms with van der Waals surface area (Å²) in [7, 11) is 0. The Morgan fingerprint density at radius 3 is 2.79 bits per heavy atom. The largest absolute Gasteiger partial charge is 0.389 e. The molecule has 1 aliphatic carbocycles. The van der Waals surface area contributed by atoms with Crippen molar-refractivity contribution in [1.29, 1.82) is 5.26 Å². The van der Waals surface area contributed by atoms with Crippen LogP contribution < -0.4 is 5.32 Å². The van der Waals surface area contributed by atoms with Crippen LogP contribution in [0.5, 0.6) is 0 Å².